The monoisotopic (exact) mass is 548 g/mol. The fourth-order valence-electron chi connectivity index (χ4n) is 2.80. The van der Waals surface area contributed by atoms with Crippen LogP contribution in [0.5, 0.6) is 0 Å². The molecule has 0 aromatic rings. The first-order valence-corrected chi connectivity index (χ1v) is 15.2. The predicted molar refractivity (Wildman–Crippen MR) is 137 cm³/mol. The van der Waals surface area contributed by atoms with Crippen LogP contribution < -0.4 is 35.3 Å². The summed E-state index contributed by atoms with van der Waals surface area (Å²) in [7, 11) is -6.51. The van der Waals surface area contributed by atoms with Gasteiger partial charge in [-0.05, 0) is 38.5 Å². The standard InChI is InChI=1S/C21H39NO4S.C2H7NO3S.Na/c1-3-4-5-6-7-8-9-10-11-12-13-14-15-16-17-18-21(23)22(2)19-20-27(24,25)26;3-1-2-7(4,5)6;/h7-8,10-11H,3-6,9,12-20H2,1-2H3,(H,24,25,26);1-3H2,(H,4,5,6);/q;;+1/p-1/b8-7-,11-10-;;. The van der Waals surface area contributed by atoms with E-state index in [0.717, 1.165) is 38.5 Å². The first kappa shape index (κ1) is 39.2. The molecule has 0 spiro atoms. The van der Waals surface area contributed by atoms with E-state index in [-0.39, 0.29) is 54.3 Å². The number of unbranched alkanes of at least 4 members (excludes halogenated alkanes) is 8. The largest absolute Gasteiger partial charge is 1.00 e. The van der Waals surface area contributed by atoms with Crippen molar-refractivity contribution in [2.24, 2.45) is 5.73 Å². The summed E-state index contributed by atoms with van der Waals surface area (Å²) in [5, 5.41) is 0. The van der Waals surface area contributed by atoms with Gasteiger partial charge in [0.05, 0.1) is 21.6 Å². The van der Waals surface area contributed by atoms with Crippen molar-refractivity contribution in [2.45, 2.75) is 84.0 Å². The van der Waals surface area contributed by atoms with Crippen LogP contribution in [0.2, 0.25) is 0 Å². The minimum Gasteiger partial charge on any atom is -0.748 e. The predicted octanol–water partition coefficient (Wildman–Crippen LogP) is 0.640. The normalized spacial score (nSPS) is 11.8. The Balaban J connectivity index is -0.00000111. The van der Waals surface area contributed by atoms with E-state index in [0.29, 0.717) is 6.42 Å². The molecule has 1 amide bonds. The molecule has 0 fully saturated rings. The molecule has 0 unspecified atom stereocenters. The van der Waals surface area contributed by atoms with E-state index in [1.807, 2.05) is 0 Å². The third-order valence-corrected chi connectivity index (χ3v) is 6.25. The van der Waals surface area contributed by atoms with Crippen LogP contribution in [0.4, 0.5) is 0 Å². The minimum atomic E-state index is -4.26. The van der Waals surface area contributed by atoms with Gasteiger partial charge in [-0.2, -0.15) is 8.42 Å². The Bertz CT molecular complexity index is 771. The van der Waals surface area contributed by atoms with Gasteiger partial charge in [-0.3, -0.25) is 9.35 Å². The molecule has 0 aromatic carbocycles. The molecule has 12 heteroatoms. The molecule has 202 valence electrons. The topological polar surface area (TPSA) is 158 Å². The summed E-state index contributed by atoms with van der Waals surface area (Å²) in [5.74, 6) is -0.964. The Morgan fingerprint density at radius 2 is 1.40 bits per heavy atom. The summed E-state index contributed by atoms with van der Waals surface area (Å²) >= 11 is 0. The maximum atomic E-state index is 11.8. The van der Waals surface area contributed by atoms with Crippen LogP contribution >= 0.6 is 0 Å². The van der Waals surface area contributed by atoms with Crippen LogP contribution in [-0.4, -0.2) is 68.4 Å². The second-order valence-electron chi connectivity index (χ2n) is 8.13. The summed E-state index contributed by atoms with van der Waals surface area (Å²) < 4.78 is 59.0. The summed E-state index contributed by atoms with van der Waals surface area (Å²) in [6, 6.07) is 0. The van der Waals surface area contributed by atoms with Crippen molar-refractivity contribution in [1.29, 1.82) is 0 Å². The van der Waals surface area contributed by atoms with Crippen molar-refractivity contribution < 1.29 is 60.3 Å². The molecule has 3 N–H and O–H groups in total. The van der Waals surface area contributed by atoms with Crippen LogP contribution in [0.15, 0.2) is 24.3 Å². The zero-order valence-corrected chi connectivity index (χ0v) is 25.5. The minimum absolute atomic E-state index is 0. The first-order valence-electron chi connectivity index (χ1n) is 12.1. The molecule has 0 atom stereocenters. The number of nitrogens with zero attached hydrogens (tertiary/aromatic N) is 1. The molecule has 0 saturated carbocycles. The summed E-state index contributed by atoms with van der Waals surface area (Å²) in [6.45, 7) is 2.17. The molecule has 35 heavy (non-hydrogen) atoms. The smallest absolute Gasteiger partial charge is 0.748 e. The summed E-state index contributed by atoms with van der Waals surface area (Å²) in [4.78, 5) is 13.1. The van der Waals surface area contributed by atoms with E-state index in [4.69, 9.17) is 10.3 Å². The van der Waals surface area contributed by atoms with Crippen LogP contribution in [0.25, 0.3) is 0 Å². The molecule has 0 heterocycles. The van der Waals surface area contributed by atoms with E-state index in [2.05, 4.69) is 31.2 Å². The van der Waals surface area contributed by atoms with Crippen molar-refractivity contribution in [3.05, 3.63) is 24.3 Å². The van der Waals surface area contributed by atoms with Crippen molar-refractivity contribution in [1.82, 2.24) is 4.90 Å². The maximum Gasteiger partial charge on any atom is 1.00 e. The maximum absolute atomic E-state index is 11.8. The Morgan fingerprint density at radius 3 is 1.86 bits per heavy atom. The number of carbonyl (C=O) groups excluding carboxylic acids is 1. The van der Waals surface area contributed by atoms with E-state index >= 15 is 0 Å². The van der Waals surface area contributed by atoms with Gasteiger partial charge in [0, 0.05) is 26.6 Å². The average Bonchev–Trinajstić information content (AvgIpc) is 2.73. The zero-order chi connectivity index (χ0) is 26.3. The number of allylic oxidation sites excluding steroid dienone is 4. The van der Waals surface area contributed by atoms with Gasteiger partial charge in [-0.25, -0.2) is 8.42 Å². The third kappa shape index (κ3) is 36.0. The number of rotatable bonds is 19. The molecule has 0 saturated heterocycles. The van der Waals surface area contributed by atoms with E-state index in [9.17, 15) is 26.2 Å². The van der Waals surface area contributed by atoms with Crippen molar-refractivity contribution >= 4 is 26.1 Å². The fraction of sp³-hybridized carbons (Fsp3) is 0.783. The number of carbonyl (C=O) groups is 1. The number of amides is 1. The molecular formula is C23H45N2NaO7S2. The fourth-order valence-corrected chi connectivity index (χ4v) is 3.60. The Labute approximate surface area is 235 Å². The van der Waals surface area contributed by atoms with E-state index < -0.39 is 26.0 Å². The second kappa shape index (κ2) is 25.4. The van der Waals surface area contributed by atoms with Crippen LogP contribution in [0, 0.1) is 0 Å². The van der Waals surface area contributed by atoms with Gasteiger partial charge in [0.25, 0.3) is 10.1 Å². The molecule has 0 aliphatic rings. The number of hydrogen-bond donors (Lipinski definition) is 2. The molecule has 0 bridgehead atoms. The van der Waals surface area contributed by atoms with Gasteiger partial charge in [-0.1, -0.05) is 63.3 Å². The Hall–Kier alpha value is -0.270. The van der Waals surface area contributed by atoms with E-state index in [1.165, 1.54) is 37.0 Å². The van der Waals surface area contributed by atoms with Gasteiger partial charge in [0.15, 0.2) is 0 Å². The first-order chi connectivity index (χ1) is 15.9. The van der Waals surface area contributed by atoms with Crippen LogP contribution in [0.3, 0.4) is 0 Å². The van der Waals surface area contributed by atoms with Gasteiger partial charge >= 0.3 is 29.6 Å². The molecule has 0 aromatic heterocycles. The summed E-state index contributed by atoms with van der Waals surface area (Å²) in [5.41, 5.74) is 4.78. The van der Waals surface area contributed by atoms with Crippen molar-refractivity contribution in [2.75, 3.05) is 31.6 Å². The SMILES string of the molecule is CCCCC/C=C\C/C=C\CCCCCCCC(=O)N(C)CCS(=O)(=O)[O-].NCCS(=O)(=O)O.[Na+]. The quantitative estimate of drug-likeness (QED) is 0.103. The molecule has 0 aliphatic heterocycles. The van der Waals surface area contributed by atoms with E-state index in [1.54, 1.807) is 7.05 Å². The van der Waals surface area contributed by atoms with Crippen molar-refractivity contribution in [3.63, 3.8) is 0 Å². The molecule has 0 radical (unpaired) electrons. The van der Waals surface area contributed by atoms with Gasteiger partial charge < -0.3 is 15.2 Å². The molecule has 9 nitrogen and oxygen atoms in total. The van der Waals surface area contributed by atoms with Gasteiger partial charge in [-0.15, -0.1) is 0 Å². The average molecular weight is 549 g/mol. The van der Waals surface area contributed by atoms with Crippen LogP contribution in [-0.2, 0) is 25.0 Å². The molecule has 0 aliphatic carbocycles. The third-order valence-electron chi connectivity index (χ3n) is 4.82. The van der Waals surface area contributed by atoms with Gasteiger partial charge in [0.1, 0.15) is 0 Å². The van der Waals surface area contributed by atoms with Crippen molar-refractivity contribution in [3.8, 4) is 0 Å². The molecule has 0 rings (SSSR count). The zero-order valence-electron chi connectivity index (χ0n) is 21.9. The Morgan fingerprint density at radius 1 is 0.886 bits per heavy atom. The van der Waals surface area contributed by atoms with Crippen LogP contribution in [0.1, 0.15) is 84.0 Å². The number of nitrogens with two attached hydrogens (primary N) is 1. The summed E-state index contributed by atoms with van der Waals surface area (Å²) in [6.07, 6.45) is 21.9. The second-order valence-corrected chi connectivity index (χ2v) is 11.2. The van der Waals surface area contributed by atoms with Gasteiger partial charge in [0.2, 0.25) is 5.91 Å². The molecular weight excluding hydrogens is 503 g/mol. The Kier molecular flexibility index (Phi) is 28.5. The number of hydrogen-bond acceptors (Lipinski definition) is 7.